The molecule has 2 aromatic rings. The maximum atomic E-state index is 13.7. The molecular weight excluding hydrogens is 335 g/mol. The van der Waals surface area contributed by atoms with Gasteiger partial charge in [-0.25, -0.2) is 9.37 Å². The number of nitrogens with one attached hydrogen (secondary N) is 2. The first-order valence-electron chi connectivity index (χ1n) is 8.39. The fraction of sp³-hybridized carbons (Fsp3) is 0.474. The molecule has 0 spiro atoms. The molecule has 0 aliphatic carbocycles. The lowest BCUT2D eigenvalue weighted by Gasteiger charge is -2.18. The number of hydrogen-bond acceptors (Lipinski definition) is 3. The number of aromatic nitrogens is 1. The fourth-order valence-corrected chi connectivity index (χ4v) is 3.22. The van der Waals surface area contributed by atoms with Crippen molar-refractivity contribution in [3.63, 3.8) is 0 Å². The molecule has 25 heavy (non-hydrogen) atoms. The molecule has 2 rings (SSSR count). The van der Waals surface area contributed by atoms with Crippen molar-refractivity contribution in [1.29, 1.82) is 0 Å². The summed E-state index contributed by atoms with van der Waals surface area (Å²) in [6.07, 6.45) is 0. The Morgan fingerprint density at radius 2 is 2.08 bits per heavy atom. The number of nitrogens with zero attached hydrogens (tertiary/aromatic N) is 2. The smallest absolute Gasteiger partial charge is 0.191 e. The van der Waals surface area contributed by atoms with Crippen LogP contribution in [0.3, 0.4) is 0 Å². The van der Waals surface area contributed by atoms with Gasteiger partial charge in [0.15, 0.2) is 5.96 Å². The van der Waals surface area contributed by atoms with Crippen LogP contribution in [0.25, 0.3) is 0 Å². The number of hydrogen-bond donors (Lipinski definition) is 2. The van der Waals surface area contributed by atoms with E-state index in [0.717, 1.165) is 16.3 Å². The second-order valence-electron chi connectivity index (χ2n) is 7.18. The first kappa shape index (κ1) is 19.4. The minimum absolute atomic E-state index is 0.0530. The number of aliphatic imine (C=N–C) groups is 1. The third-order valence-corrected chi connectivity index (χ3v) is 4.85. The van der Waals surface area contributed by atoms with Gasteiger partial charge < -0.3 is 10.6 Å². The van der Waals surface area contributed by atoms with E-state index in [1.165, 1.54) is 0 Å². The normalized spacial score (nSPS) is 13.6. The monoisotopic (exact) mass is 362 g/mol. The lowest BCUT2D eigenvalue weighted by Crippen LogP contribution is -2.38. The Hall–Kier alpha value is -1.95. The van der Waals surface area contributed by atoms with Crippen LogP contribution in [0.1, 0.15) is 55.6 Å². The van der Waals surface area contributed by atoms with Gasteiger partial charge in [-0.05, 0) is 31.0 Å². The van der Waals surface area contributed by atoms with Gasteiger partial charge in [-0.2, -0.15) is 0 Å². The minimum atomic E-state index is -0.188. The van der Waals surface area contributed by atoms with Crippen LogP contribution in [0.15, 0.2) is 28.6 Å². The largest absolute Gasteiger partial charge is 0.350 e. The van der Waals surface area contributed by atoms with E-state index in [1.807, 2.05) is 13.0 Å². The van der Waals surface area contributed by atoms with Gasteiger partial charge in [0.1, 0.15) is 10.8 Å². The van der Waals surface area contributed by atoms with Crippen molar-refractivity contribution >= 4 is 17.3 Å². The van der Waals surface area contributed by atoms with Gasteiger partial charge in [0.05, 0.1) is 18.3 Å². The average Bonchev–Trinajstić information content (AvgIpc) is 3.03. The first-order valence-corrected chi connectivity index (χ1v) is 9.27. The summed E-state index contributed by atoms with van der Waals surface area (Å²) in [6, 6.07) is 5.24. The predicted molar refractivity (Wildman–Crippen MR) is 104 cm³/mol. The zero-order valence-electron chi connectivity index (χ0n) is 15.8. The van der Waals surface area contributed by atoms with Crippen LogP contribution < -0.4 is 10.6 Å². The van der Waals surface area contributed by atoms with E-state index in [9.17, 15) is 4.39 Å². The summed E-state index contributed by atoms with van der Waals surface area (Å²) in [5.74, 6) is 0.479. The van der Waals surface area contributed by atoms with E-state index in [1.54, 1.807) is 37.4 Å². The van der Waals surface area contributed by atoms with E-state index < -0.39 is 0 Å². The quantitative estimate of drug-likeness (QED) is 0.629. The summed E-state index contributed by atoms with van der Waals surface area (Å²) in [5.41, 5.74) is 2.69. The zero-order valence-corrected chi connectivity index (χ0v) is 16.6. The van der Waals surface area contributed by atoms with E-state index in [0.29, 0.717) is 18.1 Å². The molecule has 2 N–H and O–H groups in total. The molecule has 0 saturated carbocycles. The average molecular weight is 363 g/mol. The third-order valence-electron chi connectivity index (χ3n) is 4.00. The highest BCUT2D eigenvalue weighted by Gasteiger charge is 2.17. The molecule has 0 radical (unpaired) electrons. The Morgan fingerprint density at radius 3 is 2.64 bits per heavy atom. The third kappa shape index (κ3) is 5.26. The van der Waals surface area contributed by atoms with Crippen LogP contribution >= 0.6 is 11.3 Å². The SMILES string of the molecule is CN=C(NCc1nc(C(C)(C)C)cs1)NC(C)c1ccc(C)c(F)c1. The predicted octanol–water partition coefficient (Wildman–Crippen LogP) is 4.31. The summed E-state index contributed by atoms with van der Waals surface area (Å²) in [4.78, 5) is 8.91. The van der Waals surface area contributed by atoms with Crippen LogP contribution in [0, 0.1) is 12.7 Å². The first-order chi connectivity index (χ1) is 11.7. The van der Waals surface area contributed by atoms with Crippen molar-refractivity contribution in [1.82, 2.24) is 15.6 Å². The Morgan fingerprint density at radius 1 is 1.36 bits per heavy atom. The van der Waals surface area contributed by atoms with Gasteiger partial charge in [-0.15, -0.1) is 11.3 Å². The highest BCUT2D eigenvalue weighted by molar-refractivity contribution is 7.09. The molecule has 0 saturated heterocycles. The Kier molecular flexibility index (Phi) is 6.16. The standard InChI is InChI=1S/C19H27FN4S/c1-12-7-8-14(9-15(12)20)13(2)23-18(21-6)22-10-17-24-16(11-25-17)19(3,4)5/h7-9,11,13H,10H2,1-6H3,(H2,21,22,23). The van der Waals surface area contributed by atoms with Crippen LogP contribution in [-0.4, -0.2) is 18.0 Å². The second-order valence-corrected chi connectivity index (χ2v) is 8.12. The minimum Gasteiger partial charge on any atom is -0.350 e. The summed E-state index contributed by atoms with van der Waals surface area (Å²) >= 11 is 1.64. The van der Waals surface area contributed by atoms with E-state index in [2.05, 4.69) is 46.8 Å². The van der Waals surface area contributed by atoms with Gasteiger partial charge >= 0.3 is 0 Å². The van der Waals surface area contributed by atoms with Crippen molar-refractivity contribution in [2.24, 2.45) is 4.99 Å². The molecule has 0 aliphatic rings. The van der Waals surface area contributed by atoms with Gasteiger partial charge in [-0.3, -0.25) is 4.99 Å². The van der Waals surface area contributed by atoms with Gasteiger partial charge in [0, 0.05) is 17.8 Å². The molecule has 0 bridgehead atoms. The fourth-order valence-electron chi connectivity index (χ4n) is 2.26. The molecule has 136 valence electrons. The van der Waals surface area contributed by atoms with Crippen molar-refractivity contribution in [2.45, 2.75) is 52.6 Å². The van der Waals surface area contributed by atoms with Gasteiger partial charge in [0.2, 0.25) is 0 Å². The topological polar surface area (TPSA) is 49.3 Å². The molecule has 0 amide bonds. The van der Waals surface area contributed by atoms with E-state index >= 15 is 0 Å². The molecule has 1 unspecified atom stereocenters. The number of benzene rings is 1. The number of thiazole rings is 1. The van der Waals surface area contributed by atoms with Crippen LogP contribution in [0.5, 0.6) is 0 Å². The van der Waals surface area contributed by atoms with E-state index in [4.69, 9.17) is 0 Å². The highest BCUT2D eigenvalue weighted by atomic mass is 32.1. The molecule has 4 nitrogen and oxygen atoms in total. The lowest BCUT2D eigenvalue weighted by atomic mass is 9.93. The Labute approximate surface area is 153 Å². The van der Waals surface area contributed by atoms with Crippen LogP contribution in [-0.2, 0) is 12.0 Å². The van der Waals surface area contributed by atoms with Crippen molar-refractivity contribution in [3.05, 3.63) is 51.2 Å². The Bertz CT molecular complexity index is 746. The van der Waals surface area contributed by atoms with Gasteiger partial charge in [-0.1, -0.05) is 32.9 Å². The van der Waals surface area contributed by atoms with Crippen LogP contribution in [0.2, 0.25) is 0 Å². The lowest BCUT2D eigenvalue weighted by molar-refractivity contribution is 0.570. The maximum Gasteiger partial charge on any atom is 0.191 e. The zero-order chi connectivity index (χ0) is 18.6. The highest BCUT2D eigenvalue weighted by Crippen LogP contribution is 2.23. The second kappa shape index (κ2) is 7.95. The molecule has 1 atom stereocenters. The summed E-state index contributed by atoms with van der Waals surface area (Å²) in [6.45, 7) is 10.8. The van der Waals surface area contributed by atoms with Crippen molar-refractivity contribution in [3.8, 4) is 0 Å². The molecule has 0 aliphatic heterocycles. The van der Waals surface area contributed by atoms with Gasteiger partial charge in [0.25, 0.3) is 0 Å². The molecule has 1 aromatic heterocycles. The summed E-state index contributed by atoms with van der Waals surface area (Å²) in [7, 11) is 1.72. The maximum absolute atomic E-state index is 13.7. The van der Waals surface area contributed by atoms with Crippen LogP contribution in [0.4, 0.5) is 4.39 Å². The summed E-state index contributed by atoms with van der Waals surface area (Å²) in [5, 5.41) is 9.67. The molecule has 1 aromatic carbocycles. The summed E-state index contributed by atoms with van der Waals surface area (Å²) < 4.78 is 13.7. The van der Waals surface area contributed by atoms with E-state index in [-0.39, 0.29) is 17.3 Å². The molecule has 6 heteroatoms. The molecular formula is C19H27FN4S. The number of aryl methyl sites for hydroxylation is 1. The number of halogens is 1. The Balaban J connectivity index is 1.96. The van der Waals surface area contributed by atoms with Crippen molar-refractivity contribution < 1.29 is 4.39 Å². The molecule has 0 fully saturated rings. The molecule has 1 heterocycles. The van der Waals surface area contributed by atoms with Crippen molar-refractivity contribution in [2.75, 3.05) is 7.05 Å². The number of guanidine groups is 1. The number of rotatable bonds is 4.